The molecule has 37 heteroatoms. The maximum atomic E-state index is 12.4. The van der Waals surface area contributed by atoms with Crippen molar-refractivity contribution in [1.82, 2.24) is 0 Å². The third-order valence-electron chi connectivity index (χ3n) is 8.16. The summed E-state index contributed by atoms with van der Waals surface area (Å²) < 4.78 is 94.9. The van der Waals surface area contributed by atoms with Gasteiger partial charge in [0.1, 0.15) is 0 Å². The molecule has 0 amide bonds. The van der Waals surface area contributed by atoms with Gasteiger partial charge in [0.25, 0.3) is 0 Å². The van der Waals surface area contributed by atoms with E-state index in [0.29, 0.717) is 34.5 Å². The van der Waals surface area contributed by atoms with Gasteiger partial charge in [-0.25, -0.2) is 0 Å². The Labute approximate surface area is 566 Å². The van der Waals surface area contributed by atoms with Gasteiger partial charge in [0.05, 0.1) is 99.0 Å². The molecule has 6 unspecified atom stereocenters. The minimum absolute atomic E-state index is 0.0915. The zero-order valence-electron chi connectivity index (χ0n) is 52.6. The van der Waals surface area contributed by atoms with E-state index < -0.39 is 76.5 Å². The highest BCUT2D eigenvalue weighted by Crippen LogP contribution is 2.71. The zero-order chi connectivity index (χ0) is 64.4. The van der Waals surface area contributed by atoms with Crippen molar-refractivity contribution >= 4 is 208 Å². The summed E-state index contributed by atoms with van der Waals surface area (Å²) in [4.78, 5) is 12.4. The van der Waals surface area contributed by atoms with Crippen molar-refractivity contribution in [2.75, 3.05) is 47.4 Å². The fraction of sp³-hybridized carbons (Fsp3) is 0.978. The van der Waals surface area contributed by atoms with Crippen LogP contribution in [0, 0.1) is 0 Å². The number of rotatable bonds is 50. The number of ether oxygens (including phenoxy) is 1. The zero-order valence-corrected chi connectivity index (χ0v) is 70.3. The highest BCUT2D eigenvalue weighted by Gasteiger charge is 2.36. The Bertz CT molecular complexity index is 1910. The van der Waals surface area contributed by atoms with Gasteiger partial charge in [-0.15, -0.1) is 0 Å². The molecule has 6 atom stereocenters. The molecule has 0 aliphatic rings. The van der Waals surface area contributed by atoms with E-state index in [9.17, 15) is 4.79 Å². The Morgan fingerprint density at radius 3 is 0.566 bits per heavy atom. The SMILES string of the molecule is COC(=O)CCSP(=S)(OC(C)CSP(=S)(OC(C)CSP(=S)(OC(C)C)OC(C)C)OC(C)CSP(=S)(OC(C)C)OC(C)C)OC(C)CSP(=S)(OC(C)CSP(=S)(OC(C)C)OC(C)C)OC(C)CSP(=S)(OC(C)C)OC(C)C. The Kier molecular flexibility index (Phi) is 47.1. The lowest BCUT2D eigenvalue weighted by Crippen LogP contribution is -2.18. The minimum Gasteiger partial charge on any atom is -0.469 e. The van der Waals surface area contributed by atoms with Crippen molar-refractivity contribution in [2.45, 2.75) is 244 Å². The molecule has 0 N–H and O–H groups in total. The molecule has 0 saturated heterocycles. The van der Waals surface area contributed by atoms with Gasteiger partial charge in [-0.3, -0.25) is 4.79 Å². The lowest BCUT2D eigenvalue weighted by atomic mass is 10.5. The maximum Gasteiger partial charge on any atom is 0.306 e. The van der Waals surface area contributed by atoms with Crippen LogP contribution in [-0.4, -0.2) is 139 Å². The van der Waals surface area contributed by atoms with Gasteiger partial charge >= 0.3 is 5.97 Å². The second-order valence-corrected chi connectivity index (χ2v) is 64.7. The molecule has 0 spiro atoms. The average Bonchev–Trinajstić information content (AvgIpc) is 3.29. The fourth-order valence-electron chi connectivity index (χ4n) is 5.69. The van der Waals surface area contributed by atoms with Crippen molar-refractivity contribution in [3.63, 3.8) is 0 Å². The Balaban J connectivity index is 6.97. The largest absolute Gasteiger partial charge is 0.469 e. The molecule has 0 aromatic carbocycles. The summed E-state index contributed by atoms with van der Waals surface area (Å²) in [6.07, 6.45) is -3.67. The summed E-state index contributed by atoms with van der Waals surface area (Å²) in [5.41, 5.74) is -20.5. The summed E-state index contributed by atoms with van der Waals surface area (Å²) in [6.45, 7) is 42.5. The summed E-state index contributed by atoms with van der Waals surface area (Å²) in [6, 6.07) is 0. The Morgan fingerprint density at radius 1 is 0.277 bits per heavy atom. The van der Waals surface area contributed by atoms with Crippen molar-refractivity contribution in [3.8, 4) is 0 Å². The van der Waals surface area contributed by atoms with Crippen LogP contribution in [0.15, 0.2) is 0 Å². The van der Waals surface area contributed by atoms with Gasteiger partial charge in [-0.2, -0.15) is 0 Å². The number of hydrogen-bond acceptors (Lipinski definition) is 30. The molecule has 0 rings (SSSR count). The molecule has 0 radical (unpaired) electrons. The molecule has 0 bridgehead atoms. The van der Waals surface area contributed by atoms with Crippen LogP contribution < -0.4 is 0 Å². The number of carbonyl (C=O) groups is 1. The molecular formula is C46H99O16P7S14. The minimum atomic E-state index is -3.23. The molecule has 0 fully saturated rings. The van der Waals surface area contributed by atoms with Crippen molar-refractivity contribution in [1.29, 1.82) is 0 Å². The lowest BCUT2D eigenvalue weighted by Gasteiger charge is -2.33. The molecule has 83 heavy (non-hydrogen) atoms. The van der Waals surface area contributed by atoms with Crippen LogP contribution in [0.3, 0.4) is 0 Å². The molecule has 498 valence electrons. The number of methoxy groups -OCH3 is 1. The van der Waals surface area contributed by atoms with Gasteiger partial charge in [-0.1, -0.05) is 79.7 Å². The fourth-order valence-corrected chi connectivity index (χ4v) is 46.0. The molecule has 16 nitrogen and oxygen atoms in total. The first-order chi connectivity index (χ1) is 37.9. The quantitative estimate of drug-likeness (QED) is 0.0418. The molecule has 0 aromatic rings. The molecule has 0 heterocycles. The van der Waals surface area contributed by atoms with E-state index in [1.165, 1.54) is 86.8 Å². The Morgan fingerprint density at radius 2 is 0.422 bits per heavy atom. The number of hydrogen-bond donors (Lipinski definition) is 0. The van der Waals surface area contributed by atoms with Gasteiger partial charge in [-0.05, 0) is 235 Å². The smallest absolute Gasteiger partial charge is 0.306 e. The van der Waals surface area contributed by atoms with Gasteiger partial charge in [0, 0.05) is 40.3 Å². The van der Waals surface area contributed by atoms with Crippen LogP contribution in [0.1, 0.15) is 159 Å². The second kappa shape index (κ2) is 44.0. The maximum absolute atomic E-state index is 12.4. The van der Waals surface area contributed by atoms with Crippen molar-refractivity contribution < 1.29 is 72.9 Å². The first-order valence-electron chi connectivity index (χ1n) is 27.3. The molecular weight excluding hydrogens is 1470 g/mol. The standard InChI is InChI=1S/C46H99O16P7S14/c1-32(2)49-63(70,50-33(3)4)78-26-42(19)59-68(75,60-43(20)27-79-64(71,51-34(5)6)52-35(7)8)82-30-40(17)57-67(74,77-25-24-46(47)48-23)58-41(18)31-83-69(76,61-44(21)28-80-65(72,53-36(9)10)54-37(11)12)62-45(22)29-81-66(73,55-38(13)14)56-39(15)16/h32-45H,24-31H2,1-23H3. The molecule has 0 saturated carbocycles. The van der Waals surface area contributed by atoms with Crippen LogP contribution >= 0.6 is 120 Å². The van der Waals surface area contributed by atoms with Gasteiger partial charge < -0.3 is 68.1 Å². The monoisotopic (exact) mass is 1570 g/mol. The first-order valence-corrected chi connectivity index (χ1v) is 56.9. The van der Waals surface area contributed by atoms with Crippen LogP contribution in [0.5, 0.6) is 0 Å². The summed E-state index contributed by atoms with van der Waals surface area (Å²) in [5.74, 6) is 2.30. The third kappa shape index (κ3) is 44.4. The van der Waals surface area contributed by atoms with E-state index in [4.69, 9.17) is 151 Å². The van der Waals surface area contributed by atoms with E-state index in [2.05, 4.69) is 0 Å². The highest BCUT2D eigenvalue weighted by atomic mass is 32.9. The van der Waals surface area contributed by atoms with Crippen LogP contribution in [0.4, 0.5) is 0 Å². The molecule has 0 aromatic heterocycles. The van der Waals surface area contributed by atoms with Crippen molar-refractivity contribution in [2.24, 2.45) is 0 Å². The summed E-state index contributed by atoms with van der Waals surface area (Å²) >= 11 is 52.6. The topological polar surface area (TPSA) is 156 Å². The van der Waals surface area contributed by atoms with Crippen LogP contribution in [-0.2, 0) is 156 Å². The molecule has 0 aliphatic heterocycles. The summed E-state index contributed by atoms with van der Waals surface area (Å²) in [7, 11) is 1.35. The van der Waals surface area contributed by atoms with Gasteiger partial charge in [0.2, 0.25) is 39.9 Å². The summed E-state index contributed by atoms with van der Waals surface area (Å²) in [5, 5.41) is 0. The predicted molar refractivity (Wildman–Crippen MR) is 397 cm³/mol. The number of esters is 1. The van der Waals surface area contributed by atoms with E-state index >= 15 is 0 Å². The van der Waals surface area contributed by atoms with Crippen LogP contribution in [0.2, 0.25) is 0 Å². The normalized spacial score (nSPS) is 17.8. The van der Waals surface area contributed by atoms with E-state index in [0.717, 1.165) is 0 Å². The molecule has 0 aliphatic carbocycles. The van der Waals surface area contributed by atoms with Crippen molar-refractivity contribution in [3.05, 3.63) is 0 Å². The van der Waals surface area contributed by atoms with E-state index in [-0.39, 0.29) is 67.0 Å². The number of carbonyl (C=O) groups excluding carboxylic acids is 1. The second-order valence-electron chi connectivity index (χ2n) is 20.8. The third-order valence-corrected chi connectivity index (χ3v) is 47.4. The Hall–Kier alpha value is 5.91. The van der Waals surface area contributed by atoms with E-state index in [1.54, 1.807) is 0 Å². The highest BCUT2D eigenvalue weighted by molar-refractivity contribution is 8.70. The van der Waals surface area contributed by atoms with Gasteiger partial charge in [0.15, 0.2) is 0 Å². The van der Waals surface area contributed by atoms with Crippen LogP contribution in [0.25, 0.3) is 0 Å². The lowest BCUT2D eigenvalue weighted by molar-refractivity contribution is -0.140. The van der Waals surface area contributed by atoms with E-state index in [1.807, 2.05) is 152 Å². The first kappa shape index (κ1) is 88.9. The predicted octanol–water partition coefficient (Wildman–Crippen LogP) is 20.1. The average molecular weight is 1570 g/mol.